The van der Waals surface area contributed by atoms with Gasteiger partial charge in [-0.2, -0.15) is 9.97 Å². The third-order valence-electron chi connectivity index (χ3n) is 9.72. The van der Waals surface area contributed by atoms with Crippen LogP contribution in [0.25, 0.3) is 72.5 Å². The van der Waals surface area contributed by atoms with E-state index in [-0.39, 0.29) is 0 Å². The van der Waals surface area contributed by atoms with E-state index in [1.807, 2.05) is 66.7 Å². The lowest BCUT2D eigenvalue weighted by Crippen LogP contribution is -2.41. The first-order valence-corrected chi connectivity index (χ1v) is 15.9. The number of nitrogens with zero attached hydrogens (tertiary/aromatic N) is 4. The first-order chi connectivity index (χ1) is 22.8. The molecular formula is C39H31BN4O3. The molecule has 5 aromatic carbocycles. The Labute approximate surface area is 272 Å². The summed E-state index contributed by atoms with van der Waals surface area (Å²) in [5, 5.41) is 4.16. The third-order valence-corrected chi connectivity index (χ3v) is 9.72. The van der Waals surface area contributed by atoms with Crippen molar-refractivity contribution in [3.05, 3.63) is 115 Å². The molecule has 1 aliphatic rings. The van der Waals surface area contributed by atoms with Crippen molar-refractivity contribution in [3.63, 3.8) is 0 Å². The predicted molar refractivity (Wildman–Crippen MR) is 188 cm³/mol. The lowest BCUT2D eigenvalue weighted by atomic mass is 9.78. The van der Waals surface area contributed by atoms with E-state index in [2.05, 4.69) is 80.8 Å². The van der Waals surface area contributed by atoms with Crippen molar-refractivity contribution in [2.24, 2.45) is 0 Å². The van der Waals surface area contributed by atoms with E-state index >= 15 is 0 Å². The van der Waals surface area contributed by atoms with Crippen LogP contribution in [0.4, 0.5) is 0 Å². The minimum absolute atomic E-state index is 0.446. The van der Waals surface area contributed by atoms with Gasteiger partial charge in [0, 0.05) is 32.7 Å². The molecule has 0 spiro atoms. The Balaban J connectivity index is 1.29. The van der Waals surface area contributed by atoms with Crippen LogP contribution in [0.5, 0.6) is 0 Å². The minimum atomic E-state index is -0.495. The molecule has 4 heterocycles. The molecule has 228 valence electrons. The van der Waals surface area contributed by atoms with Crippen molar-refractivity contribution < 1.29 is 13.7 Å². The largest absolute Gasteiger partial charge is 0.494 e. The fraction of sp³-hybridized carbons (Fsp3) is 0.154. The standard InChI is InChI=1S/C39H31BN4O3/c1-38(2)39(3,4)47-40(46-38)25-21-22-32-29(23-25)34-28(17-12-20-33(34)45-32)36-41-35(24-13-6-5-7-14-24)42-37(43-36)44-30-18-10-8-15-26(30)27-16-9-11-19-31(27)44/h5-23H,1-4H3. The zero-order valence-corrected chi connectivity index (χ0v) is 26.6. The molecule has 0 unspecified atom stereocenters. The number of fused-ring (bicyclic) bond motifs is 6. The smallest absolute Gasteiger partial charge is 0.456 e. The number of benzene rings is 5. The second kappa shape index (κ2) is 10.1. The summed E-state index contributed by atoms with van der Waals surface area (Å²) >= 11 is 0. The van der Waals surface area contributed by atoms with Gasteiger partial charge in [0.25, 0.3) is 0 Å². The van der Waals surface area contributed by atoms with Crippen LogP contribution in [0, 0.1) is 0 Å². The second-order valence-corrected chi connectivity index (χ2v) is 13.1. The van der Waals surface area contributed by atoms with Crippen LogP contribution >= 0.6 is 0 Å². The summed E-state index contributed by atoms with van der Waals surface area (Å²) in [7, 11) is -0.495. The number of hydrogen-bond acceptors (Lipinski definition) is 6. The average molecular weight is 615 g/mol. The maximum atomic E-state index is 6.41. The van der Waals surface area contributed by atoms with Crippen LogP contribution in [-0.4, -0.2) is 37.8 Å². The zero-order valence-electron chi connectivity index (χ0n) is 26.6. The molecule has 0 N–H and O–H groups in total. The molecule has 0 aliphatic carbocycles. The van der Waals surface area contributed by atoms with Gasteiger partial charge in [0.15, 0.2) is 11.6 Å². The Morgan fingerprint density at radius 1 is 0.574 bits per heavy atom. The van der Waals surface area contributed by atoms with Gasteiger partial charge in [0.05, 0.1) is 22.2 Å². The molecule has 7 nitrogen and oxygen atoms in total. The van der Waals surface area contributed by atoms with E-state index in [0.29, 0.717) is 17.6 Å². The third kappa shape index (κ3) is 4.32. The quantitative estimate of drug-likeness (QED) is 0.185. The van der Waals surface area contributed by atoms with Gasteiger partial charge < -0.3 is 13.7 Å². The van der Waals surface area contributed by atoms with E-state index in [0.717, 1.165) is 60.3 Å². The summed E-state index contributed by atoms with van der Waals surface area (Å²) < 4.78 is 21.3. The van der Waals surface area contributed by atoms with Crippen LogP contribution in [-0.2, 0) is 9.31 Å². The van der Waals surface area contributed by atoms with Crippen LogP contribution in [0.2, 0.25) is 0 Å². The number of aromatic nitrogens is 4. The number of rotatable bonds is 4. The van der Waals surface area contributed by atoms with Crippen molar-refractivity contribution in [1.29, 1.82) is 0 Å². The molecule has 1 fully saturated rings. The second-order valence-electron chi connectivity index (χ2n) is 13.1. The summed E-state index contributed by atoms with van der Waals surface area (Å²) in [6.07, 6.45) is 0. The topological polar surface area (TPSA) is 75.2 Å². The number of hydrogen-bond donors (Lipinski definition) is 0. The molecule has 47 heavy (non-hydrogen) atoms. The lowest BCUT2D eigenvalue weighted by Gasteiger charge is -2.32. The number of para-hydroxylation sites is 2. The van der Waals surface area contributed by atoms with Gasteiger partial charge in [-0.1, -0.05) is 91.0 Å². The maximum absolute atomic E-state index is 6.41. The van der Waals surface area contributed by atoms with Crippen molar-refractivity contribution >= 4 is 56.3 Å². The first-order valence-electron chi connectivity index (χ1n) is 15.9. The Morgan fingerprint density at radius 3 is 1.91 bits per heavy atom. The monoisotopic (exact) mass is 614 g/mol. The summed E-state index contributed by atoms with van der Waals surface area (Å²) in [4.78, 5) is 15.4. The molecule has 0 saturated carbocycles. The normalized spacial score (nSPS) is 15.8. The van der Waals surface area contributed by atoms with Gasteiger partial charge in [-0.15, -0.1) is 0 Å². The molecule has 9 rings (SSSR count). The molecule has 3 aromatic heterocycles. The van der Waals surface area contributed by atoms with Crippen LogP contribution in [0.15, 0.2) is 120 Å². The van der Waals surface area contributed by atoms with Crippen molar-refractivity contribution in [1.82, 2.24) is 19.5 Å². The Kier molecular flexibility index (Phi) is 6.01. The van der Waals surface area contributed by atoms with E-state index in [1.54, 1.807) is 0 Å². The van der Waals surface area contributed by atoms with Crippen molar-refractivity contribution in [3.8, 4) is 28.7 Å². The average Bonchev–Trinajstić information content (AvgIpc) is 3.70. The zero-order chi connectivity index (χ0) is 31.9. The molecule has 0 amide bonds. The van der Waals surface area contributed by atoms with Crippen molar-refractivity contribution in [2.45, 2.75) is 38.9 Å². The molecule has 1 saturated heterocycles. The van der Waals surface area contributed by atoms with Crippen LogP contribution < -0.4 is 5.46 Å². The molecule has 0 radical (unpaired) electrons. The van der Waals surface area contributed by atoms with Crippen LogP contribution in [0.3, 0.4) is 0 Å². The van der Waals surface area contributed by atoms with Crippen LogP contribution in [0.1, 0.15) is 27.7 Å². The summed E-state index contributed by atoms with van der Waals surface area (Å²) in [6, 6.07) is 38.9. The molecule has 0 atom stereocenters. The SMILES string of the molecule is CC1(C)OB(c2ccc3oc4cccc(-c5nc(-c6ccccc6)nc(-n6c7ccccc7c7ccccc76)n5)c4c3c2)OC1(C)C. The first kappa shape index (κ1) is 28.0. The lowest BCUT2D eigenvalue weighted by molar-refractivity contribution is 0.00578. The van der Waals surface area contributed by atoms with E-state index in [1.165, 1.54) is 0 Å². The highest BCUT2D eigenvalue weighted by Crippen LogP contribution is 2.39. The summed E-state index contributed by atoms with van der Waals surface area (Å²) in [5.74, 6) is 1.70. The molecule has 8 heteroatoms. The Bertz CT molecular complexity index is 2430. The van der Waals surface area contributed by atoms with E-state index in [4.69, 9.17) is 28.7 Å². The van der Waals surface area contributed by atoms with Gasteiger partial charge in [-0.05, 0) is 57.4 Å². The van der Waals surface area contributed by atoms with Crippen molar-refractivity contribution in [2.75, 3.05) is 0 Å². The Morgan fingerprint density at radius 2 is 1.21 bits per heavy atom. The molecular weight excluding hydrogens is 583 g/mol. The molecule has 8 aromatic rings. The maximum Gasteiger partial charge on any atom is 0.494 e. The van der Waals surface area contributed by atoms with Gasteiger partial charge in [0.1, 0.15) is 11.2 Å². The number of furan rings is 1. The fourth-order valence-electron chi connectivity index (χ4n) is 6.60. The van der Waals surface area contributed by atoms with Gasteiger partial charge in [-0.25, -0.2) is 4.98 Å². The van der Waals surface area contributed by atoms with Gasteiger partial charge >= 0.3 is 7.12 Å². The molecule has 0 bridgehead atoms. The Hall–Kier alpha value is -5.31. The van der Waals surface area contributed by atoms with E-state index < -0.39 is 18.3 Å². The highest BCUT2D eigenvalue weighted by atomic mass is 16.7. The van der Waals surface area contributed by atoms with Gasteiger partial charge in [0.2, 0.25) is 5.95 Å². The summed E-state index contributed by atoms with van der Waals surface area (Å²) in [6.45, 7) is 8.26. The predicted octanol–water partition coefficient (Wildman–Crippen LogP) is 8.50. The molecule has 1 aliphatic heterocycles. The summed E-state index contributed by atoms with van der Waals surface area (Å²) in [5.41, 5.74) is 5.39. The minimum Gasteiger partial charge on any atom is -0.456 e. The van der Waals surface area contributed by atoms with Gasteiger partial charge in [-0.3, -0.25) is 4.57 Å². The highest BCUT2D eigenvalue weighted by molar-refractivity contribution is 6.62. The van der Waals surface area contributed by atoms with E-state index in [9.17, 15) is 0 Å². The highest BCUT2D eigenvalue weighted by Gasteiger charge is 2.51. The fourth-order valence-corrected chi connectivity index (χ4v) is 6.60.